The SMILES string of the molecule is O=C(COc1ccc2ccccc2c1)OCC(=O)N1CCN(Cc2ccccc2)CC1. The second-order valence-corrected chi connectivity index (χ2v) is 7.60. The van der Waals surface area contributed by atoms with Crippen LogP contribution in [0.4, 0.5) is 0 Å². The highest BCUT2D eigenvalue weighted by atomic mass is 16.6. The van der Waals surface area contributed by atoms with Crippen LogP contribution < -0.4 is 4.74 Å². The summed E-state index contributed by atoms with van der Waals surface area (Å²) in [7, 11) is 0. The maximum Gasteiger partial charge on any atom is 0.344 e. The van der Waals surface area contributed by atoms with Crippen LogP contribution in [0.5, 0.6) is 5.75 Å². The van der Waals surface area contributed by atoms with E-state index >= 15 is 0 Å². The molecule has 0 saturated carbocycles. The Hall–Kier alpha value is -3.38. The summed E-state index contributed by atoms with van der Waals surface area (Å²) in [5, 5.41) is 2.14. The smallest absolute Gasteiger partial charge is 0.344 e. The molecular formula is C25H26N2O4. The van der Waals surface area contributed by atoms with Crippen LogP contribution in [0.15, 0.2) is 72.8 Å². The van der Waals surface area contributed by atoms with E-state index in [2.05, 4.69) is 17.0 Å². The molecule has 6 nitrogen and oxygen atoms in total. The number of carbonyl (C=O) groups excluding carboxylic acids is 2. The fourth-order valence-corrected chi connectivity index (χ4v) is 3.67. The van der Waals surface area contributed by atoms with Gasteiger partial charge in [-0.15, -0.1) is 0 Å². The average molecular weight is 418 g/mol. The molecule has 0 unspecified atom stereocenters. The predicted octanol–water partition coefficient (Wildman–Crippen LogP) is 3.11. The molecule has 0 atom stereocenters. The Labute approximate surface area is 182 Å². The fraction of sp³-hybridized carbons (Fsp3) is 0.280. The number of nitrogens with zero attached hydrogens (tertiary/aromatic N) is 2. The molecule has 3 aromatic rings. The van der Waals surface area contributed by atoms with Crippen molar-refractivity contribution < 1.29 is 19.1 Å². The molecule has 0 aliphatic carbocycles. The standard InChI is InChI=1S/C25H26N2O4/c28-24(27-14-12-26(13-15-27)17-20-6-2-1-3-7-20)18-31-25(29)19-30-23-11-10-21-8-4-5-9-22(21)16-23/h1-11,16H,12-15,17-19H2. The van der Waals surface area contributed by atoms with Gasteiger partial charge in [-0.05, 0) is 28.5 Å². The third-order valence-corrected chi connectivity index (χ3v) is 5.41. The predicted molar refractivity (Wildman–Crippen MR) is 119 cm³/mol. The number of carbonyl (C=O) groups is 2. The topological polar surface area (TPSA) is 59.1 Å². The number of rotatable bonds is 7. The lowest BCUT2D eigenvalue weighted by molar-refractivity contribution is -0.154. The van der Waals surface area contributed by atoms with Crippen LogP contribution in [0.25, 0.3) is 10.8 Å². The molecule has 0 N–H and O–H groups in total. The van der Waals surface area contributed by atoms with Gasteiger partial charge in [0.25, 0.3) is 5.91 Å². The van der Waals surface area contributed by atoms with Gasteiger partial charge in [0.05, 0.1) is 0 Å². The Morgan fingerprint density at radius 2 is 1.48 bits per heavy atom. The van der Waals surface area contributed by atoms with Crippen molar-refractivity contribution in [3.63, 3.8) is 0 Å². The lowest BCUT2D eigenvalue weighted by Crippen LogP contribution is -2.49. The molecule has 1 fully saturated rings. The minimum atomic E-state index is -0.552. The first-order valence-electron chi connectivity index (χ1n) is 10.5. The Balaban J connectivity index is 1.17. The van der Waals surface area contributed by atoms with Crippen molar-refractivity contribution in [3.05, 3.63) is 78.4 Å². The maximum atomic E-state index is 12.4. The molecule has 6 heteroatoms. The van der Waals surface area contributed by atoms with Crippen LogP contribution in [-0.2, 0) is 20.9 Å². The van der Waals surface area contributed by atoms with Gasteiger partial charge < -0.3 is 14.4 Å². The van der Waals surface area contributed by atoms with Gasteiger partial charge in [0.1, 0.15) is 5.75 Å². The van der Waals surface area contributed by atoms with E-state index in [1.54, 1.807) is 4.90 Å². The average Bonchev–Trinajstić information content (AvgIpc) is 2.82. The summed E-state index contributed by atoms with van der Waals surface area (Å²) < 4.78 is 10.6. The van der Waals surface area contributed by atoms with E-state index in [9.17, 15) is 9.59 Å². The largest absolute Gasteiger partial charge is 0.482 e. The molecule has 1 saturated heterocycles. The molecule has 31 heavy (non-hydrogen) atoms. The highest BCUT2D eigenvalue weighted by Gasteiger charge is 2.22. The fourth-order valence-electron chi connectivity index (χ4n) is 3.67. The number of esters is 1. The Morgan fingerprint density at radius 1 is 0.774 bits per heavy atom. The number of benzene rings is 3. The van der Waals surface area contributed by atoms with E-state index in [0.29, 0.717) is 18.8 Å². The molecule has 0 bridgehead atoms. The minimum absolute atomic E-state index is 0.168. The minimum Gasteiger partial charge on any atom is -0.482 e. The third kappa shape index (κ3) is 5.83. The molecule has 160 valence electrons. The Kier molecular flexibility index (Phi) is 6.79. The first-order chi connectivity index (χ1) is 15.2. The highest BCUT2D eigenvalue weighted by Crippen LogP contribution is 2.20. The monoisotopic (exact) mass is 418 g/mol. The molecule has 4 rings (SSSR count). The van der Waals surface area contributed by atoms with Crippen LogP contribution >= 0.6 is 0 Å². The van der Waals surface area contributed by atoms with Gasteiger partial charge in [0, 0.05) is 32.7 Å². The van der Waals surface area contributed by atoms with E-state index in [1.165, 1.54) is 5.56 Å². The lowest BCUT2D eigenvalue weighted by Gasteiger charge is -2.34. The lowest BCUT2D eigenvalue weighted by atomic mass is 10.1. The molecule has 1 aliphatic heterocycles. The third-order valence-electron chi connectivity index (χ3n) is 5.41. The highest BCUT2D eigenvalue weighted by molar-refractivity contribution is 5.84. The molecule has 1 amide bonds. The zero-order valence-electron chi connectivity index (χ0n) is 17.4. The summed E-state index contributed by atoms with van der Waals surface area (Å²) in [4.78, 5) is 28.4. The van der Waals surface area contributed by atoms with Crippen molar-refractivity contribution in [2.45, 2.75) is 6.54 Å². The molecule has 1 aliphatic rings. The molecular weight excluding hydrogens is 392 g/mol. The van der Waals surface area contributed by atoms with Gasteiger partial charge in [-0.25, -0.2) is 4.79 Å². The quantitative estimate of drug-likeness (QED) is 0.552. The second kappa shape index (κ2) is 10.1. The van der Waals surface area contributed by atoms with E-state index in [-0.39, 0.29) is 19.1 Å². The molecule has 1 heterocycles. The Morgan fingerprint density at radius 3 is 2.26 bits per heavy atom. The molecule has 0 aromatic heterocycles. The van der Waals surface area contributed by atoms with Crippen LogP contribution in [0, 0.1) is 0 Å². The zero-order chi connectivity index (χ0) is 21.5. The van der Waals surface area contributed by atoms with Gasteiger partial charge in [0.2, 0.25) is 0 Å². The second-order valence-electron chi connectivity index (χ2n) is 7.60. The van der Waals surface area contributed by atoms with Crippen molar-refractivity contribution in [3.8, 4) is 5.75 Å². The number of hydrogen-bond acceptors (Lipinski definition) is 5. The van der Waals surface area contributed by atoms with Gasteiger partial charge in [0.15, 0.2) is 13.2 Å². The van der Waals surface area contributed by atoms with E-state index in [0.717, 1.165) is 30.4 Å². The van der Waals surface area contributed by atoms with Crippen LogP contribution in [0.3, 0.4) is 0 Å². The number of piperazine rings is 1. The summed E-state index contributed by atoms with van der Waals surface area (Å²) in [6.07, 6.45) is 0. The number of hydrogen-bond donors (Lipinski definition) is 0. The normalized spacial score (nSPS) is 14.4. The van der Waals surface area contributed by atoms with E-state index in [4.69, 9.17) is 9.47 Å². The van der Waals surface area contributed by atoms with Crippen molar-refractivity contribution in [2.24, 2.45) is 0 Å². The number of ether oxygens (including phenoxy) is 2. The molecule has 3 aromatic carbocycles. The Bertz CT molecular complexity index is 1030. The van der Waals surface area contributed by atoms with Crippen LogP contribution in [0.2, 0.25) is 0 Å². The van der Waals surface area contributed by atoms with Crippen molar-refractivity contribution in [1.29, 1.82) is 0 Å². The van der Waals surface area contributed by atoms with Gasteiger partial charge in [-0.1, -0.05) is 60.7 Å². The summed E-state index contributed by atoms with van der Waals surface area (Å²) >= 11 is 0. The summed E-state index contributed by atoms with van der Waals surface area (Å²) in [5.41, 5.74) is 1.27. The van der Waals surface area contributed by atoms with Crippen LogP contribution in [0.1, 0.15) is 5.56 Å². The van der Waals surface area contributed by atoms with Crippen molar-refractivity contribution in [1.82, 2.24) is 9.80 Å². The van der Waals surface area contributed by atoms with Gasteiger partial charge in [-0.2, -0.15) is 0 Å². The number of amides is 1. The zero-order valence-corrected chi connectivity index (χ0v) is 17.4. The van der Waals surface area contributed by atoms with Crippen molar-refractivity contribution >= 4 is 22.6 Å². The number of fused-ring (bicyclic) bond motifs is 1. The summed E-state index contributed by atoms with van der Waals surface area (Å²) in [6, 6.07) is 23.9. The summed E-state index contributed by atoms with van der Waals surface area (Å²) in [6.45, 7) is 3.28. The maximum absolute atomic E-state index is 12.4. The van der Waals surface area contributed by atoms with E-state index < -0.39 is 5.97 Å². The van der Waals surface area contributed by atoms with Gasteiger partial charge in [-0.3, -0.25) is 9.69 Å². The molecule has 0 radical (unpaired) electrons. The van der Waals surface area contributed by atoms with Crippen LogP contribution in [-0.4, -0.2) is 61.1 Å². The summed E-state index contributed by atoms with van der Waals surface area (Å²) in [5.74, 6) is -0.126. The van der Waals surface area contributed by atoms with Gasteiger partial charge >= 0.3 is 5.97 Å². The first-order valence-corrected chi connectivity index (χ1v) is 10.5. The van der Waals surface area contributed by atoms with Crippen molar-refractivity contribution in [2.75, 3.05) is 39.4 Å². The van der Waals surface area contributed by atoms with E-state index in [1.807, 2.05) is 60.7 Å². The first kappa shape index (κ1) is 20.9. The molecule has 0 spiro atoms.